The van der Waals surface area contributed by atoms with Gasteiger partial charge in [-0.3, -0.25) is 9.59 Å². The fourth-order valence-electron chi connectivity index (χ4n) is 4.44. The van der Waals surface area contributed by atoms with Crippen LogP contribution in [0.4, 0.5) is 17.3 Å². The number of nitrogens with zero attached hydrogens (tertiary/aromatic N) is 3. The molecule has 2 amide bonds. The van der Waals surface area contributed by atoms with Crippen molar-refractivity contribution in [1.82, 2.24) is 20.2 Å². The maximum atomic E-state index is 12.4. The number of likely N-dealkylation sites (tertiary alicyclic amines) is 1. The lowest BCUT2D eigenvalue weighted by molar-refractivity contribution is -0.115. The number of para-hydroxylation sites is 1. The van der Waals surface area contributed by atoms with Gasteiger partial charge in [0.15, 0.2) is 0 Å². The standard InChI is InChI=1S/C26H28N6O2/c33-23-16-19-17-28-26(31-24(19)21-6-1-2-7-22(21)30-23)29-20-10-8-18(9-11-20)25(34)27-12-5-15-32-13-3-4-14-32/h1-2,6-11,17H,3-5,12-16H2,(H,27,34)(H,30,33)(H,28,29,31). The highest BCUT2D eigenvalue weighted by molar-refractivity contribution is 6.00. The van der Waals surface area contributed by atoms with Crippen molar-refractivity contribution in [3.8, 4) is 11.3 Å². The summed E-state index contributed by atoms with van der Waals surface area (Å²) in [6.07, 6.45) is 5.45. The van der Waals surface area contributed by atoms with Gasteiger partial charge in [-0.05, 0) is 69.2 Å². The Morgan fingerprint density at radius 3 is 2.68 bits per heavy atom. The molecule has 3 N–H and O–H groups in total. The Labute approximate surface area is 198 Å². The van der Waals surface area contributed by atoms with Gasteiger partial charge in [-0.25, -0.2) is 9.97 Å². The molecule has 0 radical (unpaired) electrons. The van der Waals surface area contributed by atoms with Gasteiger partial charge >= 0.3 is 0 Å². The summed E-state index contributed by atoms with van der Waals surface area (Å²) < 4.78 is 0. The van der Waals surface area contributed by atoms with E-state index in [9.17, 15) is 9.59 Å². The average molecular weight is 457 g/mol. The van der Waals surface area contributed by atoms with Gasteiger partial charge in [0.05, 0.1) is 17.8 Å². The number of rotatable bonds is 7. The first-order valence-electron chi connectivity index (χ1n) is 11.8. The molecule has 3 heterocycles. The van der Waals surface area contributed by atoms with Crippen molar-refractivity contribution >= 4 is 29.1 Å². The van der Waals surface area contributed by atoms with E-state index in [2.05, 4.69) is 30.8 Å². The summed E-state index contributed by atoms with van der Waals surface area (Å²) in [7, 11) is 0. The minimum atomic E-state index is -0.0829. The van der Waals surface area contributed by atoms with Crippen molar-refractivity contribution in [1.29, 1.82) is 0 Å². The molecule has 0 unspecified atom stereocenters. The second-order valence-corrected chi connectivity index (χ2v) is 8.70. The van der Waals surface area contributed by atoms with Crippen LogP contribution in [0.5, 0.6) is 0 Å². The van der Waals surface area contributed by atoms with Crippen LogP contribution in [-0.4, -0.2) is 52.9 Å². The van der Waals surface area contributed by atoms with E-state index in [1.54, 1.807) is 18.3 Å². The van der Waals surface area contributed by atoms with E-state index >= 15 is 0 Å². The number of amides is 2. The third-order valence-electron chi connectivity index (χ3n) is 6.21. The van der Waals surface area contributed by atoms with Gasteiger partial charge in [0.25, 0.3) is 5.91 Å². The third kappa shape index (κ3) is 5.07. The summed E-state index contributed by atoms with van der Waals surface area (Å²) in [5, 5.41) is 9.12. The van der Waals surface area contributed by atoms with E-state index in [0.717, 1.165) is 41.2 Å². The second kappa shape index (κ2) is 10.0. The summed E-state index contributed by atoms with van der Waals surface area (Å²) in [5.74, 6) is 0.283. The summed E-state index contributed by atoms with van der Waals surface area (Å²) in [4.78, 5) is 36.2. The predicted molar refractivity (Wildman–Crippen MR) is 132 cm³/mol. The Balaban J connectivity index is 1.22. The lowest BCUT2D eigenvalue weighted by Crippen LogP contribution is -2.28. The number of hydrogen-bond donors (Lipinski definition) is 3. The van der Waals surface area contributed by atoms with Crippen LogP contribution in [0, 0.1) is 0 Å². The van der Waals surface area contributed by atoms with Crippen molar-refractivity contribution < 1.29 is 9.59 Å². The van der Waals surface area contributed by atoms with Crippen LogP contribution in [0.2, 0.25) is 0 Å². The predicted octanol–water partition coefficient (Wildman–Crippen LogP) is 3.60. The molecule has 0 bridgehead atoms. The largest absolute Gasteiger partial charge is 0.352 e. The zero-order valence-electron chi connectivity index (χ0n) is 19.0. The lowest BCUT2D eigenvalue weighted by Gasteiger charge is -2.14. The van der Waals surface area contributed by atoms with E-state index in [1.807, 2.05) is 36.4 Å². The first-order valence-corrected chi connectivity index (χ1v) is 11.8. The van der Waals surface area contributed by atoms with Crippen LogP contribution >= 0.6 is 0 Å². The van der Waals surface area contributed by atoms with Gasteiger partial charge in [0.1, 0.15) is 0 Å². The Bertz CT molecular complexity index is 1190. The van der Waals surface area contributed by atoms with E-state index < -0.39 is 0 Å². The minimum absolute atomic E-state index is 0.0666. The van der Waals surface area contributed by atoms with E-state index in [-0.39, 0.29) is 18.2 Å². The summed E-state index contributed by atoms with van der Waals surface area (Å²) in [5.41, 5.74) is 4.52. The fourth-order valence-corrected chi connectivity index (χ4v) is 4.44. The van der Waals surface area contributed by atoms with E-state index in [0.29, 0.717) is 18.1 Å². The van der Waals surface area contributed by atoms with Crippen LogP contribution < -0.4 is 16.0 Å². The fraction of sp³-hybridized carbons (Fsp3) is 0.308. The smallest absolute Gasteiger partial charge is 0.251 e. The zero-order chi connectivity index (χ0) is 23.3. The maximum absolute atomic E-state index is 12.4. The molecule has 8 heteroatoms. The Morgan fingerprint density at radius 1 is 1.06 bits per heavy atom. The minimum Gasteiger partial charge on any atom is -0.352 e. The molecule has 0 saturated carbocycles. The molecule has 0 spiro atoms. The van der Waals surface area contributed by atoms with E-state index in [1.165, 1.54) is 25.9 Å². The van der Waals surface area contributed by atoms with Crippen LogP contribution in [0.3, 0.4) is 0 Å². The normalized spacial score (nSPS) is 15.1. The van der Waals surface area contributed by atoms with Gasteiger partial charge in [-0.15, -0.1) is 0 Å². The van der Waals surface area contributed by atoms with E-state index in [4.69, 9.17) is 0 Å². The van der Waals surface area contributed by atoms with Gasteiger partial charge in [0, 0.05) is 35.1 Å². The summed E-state index contributed by atoms with van der Waals surface area (Å²) in [6.45, 7) is 4.07. The topological polar surface area (TPSA) is 99.2 Å². The van der Waals surface area contributed by atoms with Crippen LogP contribution in [0.1, 0.15) is 35.2 Å². The molecule has 174 valence electrons. The van der Waals surface area contributed by atoms with Crippen LogP contribution in [0.25, 0.3) is 11.3 Å². The summed E-state index contributed by atoms with van der Waals surface area (Å²) >= 11 is 0. The molecule has 2 aliphatic heterocycles. The monoisotopic (exact) mass is 456 g/mol. The molecule has 0 atom stereocenters. The Kier molecular flexibility index (Phi) is 6.49. The molecular formula is C26H28N6O2. The van der Waals surface area contributed by atoms with Crippen molar-refractivity contribution in [3.63, 3.8) is 0 Å². The number of carbonyl (C=O) groups is 2. The van der Waals surface area contributed by atoms with Gasteiger partial charge in [0.2, 0.25) is 11.9 Å². The number of nitrogens with one attached hydrogen (secondary N) is 3. The van der Waals surface area contributed by atoms with Crippen LogP contribution in [0.15, 0.2) is 54.7 Å². The van der Waals surface area contributed by atoms with Gasteiger partial charge in [-0.2, -0.15) is 0 Å². The molecule has 5 rings (SSSR count). The first-order chi connectivity index (χ1) is 16.7. The number of fused-ring (bicyclic) bond motifs is 3. The summed E-state index contributed by atoms with van der Waals surface area (Å²) in [6, 6.07) is 14.9. The van der Waals surface area contributed by atoms with Gasteiger partial charge in [-0.1, -0.05) is 18.2 Å². The number of hydrogen-bond acceptors (Lipinski definition) is 6. The number of benzene rings is 2. The van der Waals surface area contributed by atoms with Crippen molar-refractivity contribution in [3.05, 3.63) is 65.9 Å². The highest BCUT2D eigenvalue weighted by atomic mass is 16.2. The van der Waals surface area contributed by atoms with Gasteiger partial charge < -0.3 is 20.9 Å². The molecule has 34 heavy (non-hydrogen) atoms. The average Bonchev–Trinajstić information content (AvgIpc) is 3.32. The third-order valence-corrected chi connectivity index (χ3v) is 6.21. The molecule has 2 aliphatic rings. The van der Waals surface area contributed by atoms with Crippen molar-refractivity contribution in [2.75, 3.05) is 36.8 Å². The van der Waals surface area contributed by atoms with Crippen molar-refractivity contribution in [2.45, 2.75) is 25.7 Å². The Hall–Kier alpha value is -3.78. The Morgan fingerprint density at radius 2 is 1.85 bits per heavy atom. The number of anilines is 3. The molecule has 2 aromatic carbocycles. The molecule has 1 aromatic heterocycles. The lowest BCUT2D eigenvalue weighted by atomic mass is 10.1. The molecule has 1 saturated heterocycles. The van der Waals surface area contributed by atoms with Crippen LogP contribution in [-0.2, 0) is 11.2 Å². The quantitative estimate of drug-likeness (QED) is 0.470. The molecule has 3 aromatic rings. The number of aromatic nitrogens is 2. The van der Waals surface area contributed by atoms with Crippen molar-refractivity contribution in [2.24, 2.45) is 0 Å². The highest BCUT2D eigenvalue weighted by Gasteiger charge is 2.20. The molecular weight excluding hydrogens is 428 g/mol. The molecule has 8 nitrogen and oxygen atoms in total. The highest BCUT2D eigenvalue weighted by Crippen LogP contribution is 2.32. The second-order valence-electron chi connectivity index (χ2n) is 8.70. The SMILES string of the molecule is O=C1Cc2cnc(Nc3ccc(C(=O)NCCCN4CCCC4)cc3)nc2-c2ccccc2N1. The first kappa shape index (κ1) is 22.0. The zero-order valence-corrected chi connectivity index (χ0v) is 19.0. The maximum Gasteiger partial charge on any atom is 0.251 e. The number of carbonyl (C=O) groups excluding carboxylic acids is 2. The molecule has 0 aliphatic carbocycles. The molecule has 1 fully saturated rings.